The van der Waals surface area contributed by atoms with Crippen LogP contribution in [0.4, 0.5) is 0 Å². The standard InChI is InChI=1S/C20H26N4O4/c1-14(24-7-5-23(2)6-8-24)13-21-20(25)16-12-18(28-22-16)15-3-4-17-19(11-15)27-10-9-26-17/h3-4,11-12,14H,5-10,13H2,1-2H3,(H,21,25)/t14-/m0/s1. The normalized spacial score (nSPS) is 18.6. The predicted octanol–water partition coefficient (Wildman–Crippen LogP) is 1.48. The lowest BCUT2D eigenvalue weighted by Gasteiger charge is -2.36. The summed E-state index contributed by atoms with van der Waals surface area (Å²) in [6.07, 6.45) is 0. The molecule has 1 amide bonds. The van der Waals surface area contributed by atoms with Crippen LogP contribution in [0.2, 0.25) is 0 Å². The minimum atomic E-state index is -0.228. The molecular weight excluding hydrogens is 360 g/mol. The molecule has 2 aliphatic rings. The Hall–Kier alpha value is -2.58. The fourth-order valence-corrected chi connectivity index (χ4v) is 3.44. The first-order chi connectivity index (χ1) is 13.6. The van der Waals surface area contributed by atoms with Crippen molar-refractivity contribution in [2.75, 3.05) is 53.0 Å². The SMILES string of the molecule is C[C@@H](CNC(=O)c1cc(-c2ccc3c(c2)OCCO3)on1)N1CCN(C)CC1. The van der Waals surface area contributed by atoms with Crippen molar-refractivity contribution in [1.29, 1.82) is 0 Å². The van der Waals surface area contributed by atoms with Crippen LogP contribution in [-0.2, 0) is 0 Å². The maximum absolute atomic E-state index is 12.5. The largest absolute Gasteiger partial charge is 0.486 e. The van der Waals surface area contributed by atoms with Gasteiger partial charge in [0.15, 0.2) is 23.0 Å². The molecule has 4 rings (SSSR count). The van der Waals surface area contributed by atoms with E-state index in [1.807, 2.05) is 18.2 Å². The molecule has 8 nitrogen and oxygen atoms in total. The summed E-state index contributed by atoms with van der Waals surface area (Å²) in [5, 5.41) is 6.89. The molecule has 0 unspecified atom stereocenters. The zero-order valence-corrected chi connectivity index (χ0v) is 16.3. The average molecular weight is 386 g/mol. The molecular formula is C20H26N4O4. The zero-order chi connectivity index (χ0) is 19.5. The van der Waals surface area contributed by atoms with E-state index < -0.39 is 0 Å². The van der Waals surface area contributed by atoms with Gasteiger partial charge in [-0.05, 0) is 32.2 Å². The Morgan fingerprint density at radius 1 is 1.14 bits per heavy atom. The van der Waals surface area contributed by atoms with Crippen molar-refractivity contribution in [1.82, 2.24) is 20.3 Å². The van der Waals surface area contributed by atoms with Crippen LogP contribution >= 0.6 is 0 Å². The number of carbonyl (C=O) groups is 1. The quantitative estimate of drug-likeness (QED) is 0.834. The van der Waals surface area contributed by atoms with Gasteiger partial charge in [0.25, 0.3) is 5.91 Å². The van der Waals surface area contributed by atoms with E-state index in [-0.39, 0.29) is 17.6 Å². The van der Waals surface area contributed by atoms with E-state index in [9.17, 15) is 4.79 Å². The number of piperazine rings is 1. The summed E-state index contributed by atoms with van der Waals surface area (Å²) in [6.45, 7) is 7.93. The van der Waals surface area contributed by atoms with E-state index >= 15 is 0 Å². The van der Waals surface area contributed by atoms with Gasteiger partial charge < -0.3 is 24.2 Å². The van der Waals surface area contributed by atoms with E-state index in [4.69, 9.17) is 14.0 Å². The number of hydrogen-bond donors (Lipinski definition) is 1. The van der Waals surface area contributed by atoms with Crippen LogP contribution < -0.4 is 14.8 Å². The maximum atomic E-state index is 12.5. The first-order valence-electron chi connectivity index (χ1n) is 9.67. The highest BCUT2D eigenvalue weighted by molar-refractivity contribution is 5.93. The second-order valence-electron chi connectivity index (χ2n) is 7.33. The molecule has 1 atom stereocenters. The molecule has 1 saturated heterocycles. The van der Waals surface area contributed by atoms with Gasteiger partial charge in [0.2, 0.25) is 0 Å². The fourth-order valence-electron chi connectivity index (χ4n) is 3.44. The van der Waals surface area contributed by atoms with Crippen LogP contribution in [0.15, 0.2) is 28.8 Å². The number of ether oxygens (including phenoxy) is 2. The summed E-state index contributed by atoms with van der Waals surface area (Å²) in [7, 11) is 2.13. The van der Waals surface area contributed by atoms with Crippen LogP contribution in [0.1, 0.15) is 17.4 Å². The van der Waals surface area contributed by atoms with Crippen LogP contribution in [0.3, 0.4) is 0 Å². The second-order valence-corrected chi connectivity index (χ2v) is 7.33. The van der Waals surface area contributed by atoms with E-state index in [0.29, 0.717) is 37.0 Å². The minimum absolute atomic E-state index is 0.228. The molecule has 0 aliphatic carbocycles. The Morgan fingerprint density at radius 2 is 1.89 bits per heavy atom. The number of nitrogens with one attached hydrogen (secondary N) is 1. The first-order valence-corrected chi connectivity index (χ1v) is 9.67. The third-order valence-corrected chi connectivity index (χ3v) is 5.29. The Balaban J connectivity index is 1.35. The van der Waals surface area contributed by atoms with Gasteiger partial charge in [0.1, 0.15) is 13.2 Å². The number of rotatable bonds is 5. The summed E-state index contributed by atoms with van der Waals surface area (Å²) in [4.78, 5) is 17.2. The van der Waals surface area contributed by atoms with Gasteiger partial charge in [0.05, 0.1) is 0 Å². The summed E-state index contributed by atoms with van der Waals surface area (Å²) in [5.41, 5.74) is 1.07. The molecule has 0 saturated carbocycles. The monoisotopic (exact) mass is 386 g/mol. The van der Waals surface area contributed by atoms with Crippen molar-refractivity contribution in [3.05, 3.63) is 30.0 Å². The highest BCUT2D eigenvalue weighted by Gasteiger charge is 2.21. The number of likely N-dealkylation sites (N-methyl/N-ethyl adjacent to an activating group) is 1. The van der Waals surface area contributed by atoms with E-state index in [1.165, 1.54) is 0 Å². The van der Waals surface area contributed by atoms with E-state index in [2.05, 4.69) is 34.2 Å². The number of hydrogen-bond acceptors (Lipinski definition) is 7. The number of aromatic nitrogens is 1. The van der Waals surface area contributed by atoms with Crippen LogP contribution in [0.5, 0.6) is 11.5 Å². The first kappa shape index (κ1) is 18.8. The Bertz CT molecular complexity index is 829. The highest BCUT2D eigenvalue weighted by atomic mass is 16.6. The minimum Gasteiger partial charge on any atom is -0.486 e. The Morgan fingerprint density at radius 3 is 2.68 bits per heavy atom. The van der Waals surface area contributed by atoms with Gasteiger partial charge in [-0.1, -0.05) is 5.16 Å². The summed E-state index contributed by atoms with van der Waals surface area (Å²) in [6, 6.07) is 7.48. The Labute approximate surface area is 164 Å². The highest BCUT2D eigenvalue weighted by Crippen LogP contribution is 2.34. The van der Waals surface area contributed by atoms with Gasteiger partial charge in [-0.2, -0.15) is 0 Å². The van der Waals surface area contributed by atoms with Gasteiger partial charge in [-0.3, -0.25) is 9.69 Å². The molecule has 28 heavy (non-hydrogen) atoms. The lowest BCUT2D eigenvalue weighted by molar-refractivity contribution is 0.0895. The lowest BCUT2D eigenvalue weighted by Crippen LogP contribution is -2.51. The molecule has 1 aromatic heterocycles. The Kier molecular flexibility index (Phi) is 5.50. The van der Waals surface area contributed by atoms with Crippen LogP contribution in [-0.4, -0.2) is 79.9 Å². The van der Waals surface area contributed by atoms with Gasteiger partial charge >= 0.3 is 0 Å². The summed E-state index contributed by atoms with van der Waals surface area (Å²) < 4.78 is 16.5. The summed E-state index contributed by atoms with van der Waals surface area (Å²) in [5.74, 6) is 1.68. The van der Waals surface area contributed by atoms with Crippen molar-refractivity contribution < 1.29 is 18.8 Å². The topological polar surface area (TPSA) is 80.1 Å². The van der Waals surface area contributed by atoms with Crippen molar-refractivity contribution in [2.45, 2.75) is 13.0 Å². The molecule has 2 aromatic rings. The lowest BCUT2D eigenvalue weighted by atomic mass is 10.1. The van der Waals surface area contributed by atoms with Crippen LogP contribution in [0.25, 0.3) is 11.3 Å². The summed E-state index contributed by atoms with van der Waals surface area (Å²) >= 11 is 0. The van der Waals surface area contributed by atoms with E-state index in [0.717, 1.165) is 31.7 Å². The van der Waals surface area contributed by atoms with Crippen LogP contribution in [0, 0.1) is 0 Å². The zero-order valence-electron chi connectivity index (χ0n) is 16.3. The molecule has 150 valence electrons. The molecule has 1 fully saturated rings. The maximum Gasteiger partial charge on any atom is 0.273 e. The third-order valence-electron chi connectivity index (χ3n) is 5.29. The molecule has 8 heteroatoms. The molecule has 0 radical (unpaired) electrons. The molecule has 3 heterocycles. The smallest absolute Gasteiger partial charge is 0.273 e. The number of nitrogens with zero attached hydrogens (tertiary/aromatic N) is 3. The molecule has 0 bridgehead atoms. The average Bonchev–Trinajstić information content (AvgIpc) is 3.22. The predicted molar refractivity (Wildman–Crippen MR) is 104 cm³/mol. The van der Waals surface area contributed by atoms with Gasteiger partial charge in [-0.15, -0.1) is 0 Å². The number of carbonyl (C=O) groups excluding carboxylic acids is 1. The van der Waals surface area contributed by atoms with Crippen molar-refractivity contribution in [3.63, 3.8) is 0 Å². The number of fused-ring (bicyclic) bond motifs is 1. The third kappa shape index (κ3) is 4.13. The number of amides is 1. The van der Waals surface area contributed by atoms with Gasteiger partial charge in [0, 0.05) is 50.4 Å². The molecule has 1 aromatic carbocycles. The van der Waals surface area contributed by atoms with Crippen molar-refractivity contribution >= 4 is 5.91 Å². The molecule has 2 aliphatic heterocycles. The van der Waals surface area contributed by atoms with Gasteiger partial charge in [-0.25, -0.2) is 0 Å². The van der Waals surface area contributed by atoms with E-state index in [1.54, 1.807) is 6.07 Å². The number of benzene rings is 1. The molecule has 1 N–H and O–H groups in total. The second kappa shape index (κ2) is 8.20. The fraction of sp³-hybridized carbons (Fsp3) is 0.500. The van der Waals surface area contributed by atoms with Crippen molar-refractivity contribution in [3.8, 4) is 22.8 Å². The van der Waals surface area contributed by atoms with Crippen molar-refractivity contribution in [2.24, 2.45) is 0 Å². The molecule has 0 spiro atoms.